The number of aliphatic hydroxyl groups excluding tert-OH is 2. The van der Waals surface area contributed by atoms with E-state index in [1.54, 1.807) is 20.8 Å². The van der Waals surface area contributed by atoms with E-state index in [1.165, 1.54) is 20.8 Å². The second kappa shape index (κ2) is 10.5. The van der Waals surface area contributed by atoms with Crippen LogP contribution in [0.4, 0.5) is 0 Å². The lowest BCUT2D eigenvalue weighted by atomic mass is 9.44. The van der Waals surface area contributed by atoms with Gasteiger partial charge in [0.2, 0.25) is 0 Å². The summed E-state index contributed by atoms with van der Waals surface area (Å²) in [6.07, 6.45) is -6.60. The van der Waals surface area contributed by atoms with Crippen LogP contribution in [-0.4, -0.2) is 81.4 Å². The van der Waals surface area contributed by atoms with E-state index in [2.05, 4.69) is 0 Å². The lowest BCUT2D eigenvalue weighted by Gasteiger charge is -2.67. The highest BCUT2D eigenvalue weighted by Gasteiger charge is 2.77. The van der Waals surface area contributed by atoms with Crippen LogP contribution in [0.1, 0.15) is 59.9 Å². The smallest absolute Gasteiger partial charge is 0.303 e. The van der Waals surface area contributed by atoms with Crippen LogP contribution in [0.3, 0.4) is 0 Å². The summed E-state index contributed by atoms with van der Waals surface area (Å²) in [7, 11) is 0. The van der Waals surface area contributed by atoms with E-state index in [9.17, 15) is 29.7 Å². The Kier molecular flexibility index (Phi) is 7.69. The molecule has 1 aliphatic heterocycles. The van der Waals surface area contributed by atoms with Crippen LogP contribution in [0.25, 0.3) is 0 Å². The van der Waals surface area contributed by atoms with E-state index < -0.39 is 76.2 Å². The Hall–Kier alpha value is -2.67. The zero-order valence-corrected chi connectivity index (χ0v) is 24.8. The van der Waals surface area contributed by atoms with Gasteiger partial charge in [-0.15, -0.1) is 0 Å². The SMILES string of the molecule is CC(=O)O[C@H]1C[C@@]2(O)[C@@H](OOCc3ccccc3)C3[C@]4(OC(C)=O)COC4C[C@H](O)[C@@]3(C)C(=O)[C@H](O)C(=C1C)C2(C)C. The number of benzene rings is 1. The van der Waals surface area contributed by atoms with Gasteiger partial charge in [0.25, 0.3) is 0 Å². The van der Waals surface area contributed by atoms with E-state index in [0.717, 1.165) is 5.56 Å². The molecule has 1 saturated heterocycles. The molecular weight excluding hydrogens is 548 g/mol. The van der Waals surface area contributed by atoms with Crippen molar-refractivity contribution in [3.63, 3.8) is 0 Å². The van der Waals surface area contributed by atoms with Gasteiger partial charge in [-0.1, -0.05) is 44.2 Å². The molecule has 3 aliphatic carbocycles. The molecule has 2 saturated carbocycles. The molecule has 230 valence electrons. The van der Waals surface area contributed by atoms with E-state index in [4.69, 9.17) is 24.0 Å². The predicted molar refractivity (Wildman–Crippen MR) is 145 cm³/mol. The van der Waals surface area contributed by atoms with E-state index in [1.807, 2.05) is 30.3 Å². The highest BCUT2D eigenvalue weighted by molar-refractivity contribution is 5.93. The number of hydrogen-bond acceptors (Lipinski definition) is 11. The van der Waals surface area contributed by atoms with Gasteiger partial charge >= 0.3 is 11.9 Å². The van der Waals surface area contributed by atoms with Crippen LogP contribution >= 0.6 is 0 Å². The quantitative estimate of drug-likeness (QED) is 0.193. The minimum atomic E-state index is -1.98. The molecule has 3 fully saturated rings. The van der Waals surface area contributed by atoms with Gasteiger partial charge in [-0.3, -0.25) is 14.4 Å². The second-order valence-corrected chi connectivity index (χ2v) is 12.8. The maximum Gasteiger partial charge on any atom is 0.303 e. The van der Waals surface area contributed by atoms with Crippen LogP contribution < -0.4 is 0 Å². The number of ether oxygens (including phenoxy) is 3. The second-order valence-electron chi connectivity index (χ2n) is 12.8. The first-order valence-corrected chi connectivity index (χ1v) is 14.3. The van der Waals surface area contributed by atoms with Crippen LogP contribution in [0, 0.1) is 16.7 Å². The van der Waals surface area contributed by atoms with Crippen molar-refractivity contribution in [3.8, 4) is 0 Å². The zero-order valence-electron chi connectivity index (χ0n) is 24.8. The van der Waals surface area contributed by atoms with Crippen LogP contribution in [-0.2, 0) is 45.0 Å². The fourth-order valence-corrected chi connectivity index (χ4v) is 7.94. The largest absolute Gasteiger partial charge is 0.458 e. The summed E-state index contributed by atoms with van der Waals surface area (Å²) >= 11 is 0. The lowest BCUT2D eigenvalue weighted by Crippen LogP contribution is -2.81. The summed E-state index contributed by atoms with van der Waals surface area (Å²) in [6.45, 7) is 8.81. The number of aliphatic hydroxyl groups is 3. The van der Waals surface area contributed by atoms with Gasteiger partial charge in [0.15, 0.2) is 11.4 Å². The third-order valence-corrected chi connectivity index (χ3v) is 10.2. The number of ketones is 1. The van der Waals surface area contributed by atoms with E-state index in [0.29, 0.717) is 5.57 Å². The van der Waals surface area contributed by atoms with Crippen LogP contribution in [0.2, 0.25) is 0 Å². The van der Waals surface area contributed by atoms with Gasteiger partial charge in [0, 0.05) is 32.1 Å². The number of carbonyl (C=O) groups is 3. The van der Waals surface area contributed by atoms with Gasteiger partial charge in [-0.2, -0.15) is 0 Å². The molecule has 1 aromatic carbocycles. The fourth-order valence-electron chi connectivity index (χ4n) is 7.94. The number of fused-ring (bicyclic) bond motifs is 5. The van der Waals surface area contributed by atoms with Crippen LogP contribution in [0.5, 0.6) is 0 Å². The van der Waals surface area contributed by atoms with E-state index >= 15 is 0 Å². The van der Waals surface area contributed by atoms with Crippen molar-refractivity contribution in [1.82, 2.24) is 0 Å². The summed E-state index contributed by atoms with van der Waals surface area (Å²) < 4.78 is 17.3. The number of hydrogen-bond donors (Lipinski definition) is 3. The molecule has 42 heavy (non-hydrogen) atoms. The molecule has 9 atom stereocenters. The molecule has 0 amide bonds. The van der Waals surface area contributed by atoms with Gasteiger partial charge in [0.1, 0.15) is 36.6 Å². The number of rotatable bonds is 6. The third kappa shape index (κ3) is 4.36. The van der Waals surface area contributed by atoms with Crippen molar-refractivity contribution < 1.29 is 53.7 Å². The summed E-state index contributed by atoms with van der Waals surface area (Å²) in [5.41, 5.74) is -5.22. The fraction of sp³-hybridized carbons (Fsp3) is 0.645. The molecule has 0 spiro atoms. The molecule has 0 aromatic heterocycles. The molecule has 3 N–H and O–H groups in total. The first kappa shape index (κ1) is 30.8. The minimum Gasteiger partial charge on any atom is -0.458 e. The average molecular weight is 589 g/mol. The first-order chi connectivity index (χ1) is 19.6. The molecule has 1 aromatic rings. The van der Waals surface area contributed by atoms with Crippen molar-refractivity contribution >= 4 is 17.7 Å². The Morgan fingerprint density at radius 2 is 1.74 bits per heavy atom. The zero-order chi connectivity index (χ0) is 30.8. The van der Waals surface area contributed by atoms with Gasteiger partial charge in [0.05, 0.1) is 24.0 Å². The standard InChI is InChI=1S/C31H40O11/c1-16-20(40-17(2)32)13-31(37)27(42-39-14-19-10-8-7-9-11-19)25-29(6,26(36)24(35)23(16)28(31,4)5)21(34)12-22-30(25,15-38-22)41-18(3)33/h7-11,20-22,24-25,27,34-35,37H,12-15H2,1-6H3/t20-,21-,22?,24+,25?,27-,29+,30-,31+/m0/s1. The van der Waals surface area contributed by atoms with Crippen molar-refractivity contribution in [1.29, 1.82) is 0 Å². The molecule has 2 bridgehead atoms. The Morgan fingerprint density at radius 1 is 1.07 bits per heavy atom. The number of carbonyl (C=O) groups excluding carboxylic acids is 3. The average Bonchev–Trinajstić information content (AvgIpc) is 2.90. The third-order valence-electron chi connectivity index (χ3n) is 10.2. The Bertz CT molecular complexity index is 1290. The maximum atomic E-state index is 14.5. The normalized spacial score (nSPS) is 40.5. The molecular formula is C31H40O11. The molecule has 5 rings (SSSR count). The summed E-state index contributed by atoms with van der Waals surface area (Å²) in [4.78, 5) is 51.1. The molecule has 11 nitrogen and oxygen atoms in total. The maximum absolute atomic E-state index is 14.5. The van der Waals surface area contributed by atoms with Crippen molar-refractivity contribution in [2.24, 2.45) is 16.7 Å². The summed E-state index contributed by atoms with van der Waals surface area (Å²) in [5, 5.41) is 36.2. The topological polar surface area (TPSA) is 158 Å². The van der Waals surface area contributed by atoms with Crippen molar-refractivity contribution in [2.75, 3.05) is 6.61 Å². The number of Topliss-reactive ketones (excluding diaryl/α,β-unsaturated/α-hetero) is 1. The van der Waals surface area contributed by atoms with Gasteiger partial charge in [-0.05, 0) is 30.6 Å². The Balaban J connectivity index is 1.74. The minimum absolute atomic E-state index is 0.0218. The van der Waals surface area contributed by atoms with Crippen LogP contribution in [0.15, 0.2) is 41.5 Å². The summed E-state index contributed by atoms with van der Waals surface area (Å²) in [6, 6.07) is 9.16. The molecule has 1 heterocycles. The van der Waals surface area contributed by atoms with E-state index in [-0.39, 0.29) is 31.6 Å². The lowest BCUT2D eigenvalue weighted by molar-refractivity contribution is -0.420. The molecule has 4 aliphatic rings. The highest BCUT2D eigenvalue weighted by atomic mass is 17.2. The predicted octanol–water partition coefficient (Wildman–Crippen LogP) is 1.94. The molecule has 2 unspecified atom stereocenters. The van der Waals surface area contributed by atoms with Crippen molar-refractivity contribution in [3.05, 3.63) is 47.0 Å². The van der Waals surface area contributed by atoms with Gasteiger partial charge in [-0.25, -0.2) is 9.78 Å². The molecule has 11 heteroatoms. The van der Waals surface area contributed by atoms with Gasteiger partial charge < -0.3 is 29.5 Å². The monoisotopic (exact) mass is 588 g/mol. The molecule has 0 radical (unpaired) electrons. The highest BCUT2D eigenvalue weighted by Crippen LogP contribution is 2.64. The van der Waals surface area contributed by atoms with Crippen molar-refractivity contribution in [2.45, 2.75) is 103 Å². The number of esters is 2. The summed E-state index contributed by atoms with van der Waals surface area (Å²) in [5.74, 6) is -3.23. The first-order valence-electron chi connectivity index (χ1n) is 14.3. The Labute approximate surface area is 244 Å². The Morgan fingerprint density at radius 3 is 2.31 bits per heavy atom.